The second-order valence-electron chi connectivity index (χ2n) is 4.25. The van der Waals surface area contributed by atoms with Crippen LogP contribution >= 0.6 is 23.6 Å². The SMILES string of the molecule is NC(=S)c1cc(C(F)(F)F)ccc1OCCc1cccs1. The molecule has 1 aromatic carbocycles. The largest absolute Gasteiger partial charge is 0.492 e. The van der Waals surface area contributed by atoms with E-state index < -0.39 is 11.7 Å². The molecular formula is C14H12F3NOS2. The average molecular weight is 331 g/mol. The fourth-order valence-electron chi connectivity index (χ4n) is 1.74. The lowest BCUT2D eigenvalue weighted by atomic mass is 10.1. The summed E-state index contributed by atoms with van der Waals surface area (Å²) in [5, 5.41) is 1.95. The third-order valence-corrected chi connectivity index (χ3v) is 3.91. The van der Waals surface area contributed by atoms with E-state index in [2.05, 4.69) is 0 Å². The summed E-state index contributed by atoms with van der Waals surface area (Å²) in [6, 6.07) is 7.03. The lowest BCUT2D eigenvalue weighted by Gasteiger charge is -2.13. The molecule has 112 valence electrons. The second kappa shape index (κ2) is 6.44. The van der Waals surface area contributed by atoms with Crippen molar-refractivity contribution in [1.82, 2.24) is 0 Å². The topological polar surface area (TPSA) is 35.2 Å². The van der Waals surface area contributed by atoms with Crippen LogP contribution in [-0.4, -0.2) is 11.6 Å². The quantitative estimate of drug-likeness (QED) is 0.841. The Bertz CT molecular complexity index is 624. The van der Waals surface area contributed by atoms with Crippen molar-refractivity contribution in [3.63, 3.8) is 0 Å². The van der Waals surface area contributed by atoms with Crippen LogP contribution in [0.1, 0.15) is 16.0 Å². The van der Waals surface area contributed by atoms with E-state index in [1.54, 1.807) is 11.3 Å². The first-order chi connectivity index (χ1) is 9.88. The highest BCUT2D eigenvalue weighted by atomic mass is 32.1. The Kier molecular flexibility index (Phi) is 4.84. The van der Waals surface area contributed by atoms with Crippen molar-refractivity contribution in [2.24, 2.45) is 5.73 Å². The van der Waals surface area contributed by atoms with E-state index in [0.717, 1.165) is 17.0 Å². The summed E-state index contributed by atoms with van der Waals surface area (Å²) >= 11 is 6.39. The van der Waals surface area contributed by atoms with E-state index in [9.17, 15) is 13.2 Å². The van der Waals surface area contributed by atoms with Crippen LogP contribution < -0.4 is 10.5 Å². The van der Waals surface area contributed by atoms with Crippen LogP contribution in [0, 0.1) is 0 Å². The van der Waals surface area contributed by atoms with Gasteiger partial charge >= 0.3 is 6.18 Å². The molecule has 0 aliphatic carbocycles. The molecule has 2 rings (SSSR count). The van der Waals surface area contributed by atoms with Gasteiger partial charge in [0.15, 0.2) is 0 Å². The number of alkyl halides is 3. The maximum atomic E-state index is 12.7. The van der Waals surface area contributed by atoms with Crippen LogP contribution in [-0.2, 0) is 12.6 Å². The lowest BCUT2D eigenvalue weighted by Crippen LogP contribution is -2.15. The molecule has 0 fully saturated rings. The van der Waals surface area contributed by atoms with Gasteiger partial charge in [-0.3, -0.25) is 0 Å². The smallest absolute Gasteiger partial charge is 0.416 e. The highest BCUT2D eigenvalue weighted by molar-refractivity contribution is 7.80. The minimum atomic E-state index is -4.44. The highest BCUT2D eigenvalue weighted by Crippen LogP contribution is 2.32. The zero-order valence-electron chi connectivity index (χ0n) is 10.8. The number of nitrogens with two attached hydrogens (primary N) is 1. The van der Waals surface area contributed by atoms with Gasteiger partial charge in [0.2, 0.25) is 0 Å². The van der Waals surface area contributed by atoms with Gasteiger partial charge in [-0.1, -0.05) is 18.3 Å². The van der Waals surface area contributed by atoms with Crippen LogP contribution in [0.15, 0.2) is 35.7 Å². The number of rotatable bonds is 5. The molecule has 21 heavy (non-hydrogen) atoms. The Morgan fingerprint density at radius 1 is 1.29 bits per heavy atom. The monoisotopic (exact) mass is 331 g/mol. The van der Waals surface area contributed by atoms with E-state index in [-0.39, 0.29) is 16.3 Å². The summed E-state index contributed by atoms with van der Waals surface area (Å²) in [5.41, 5.74) is 4.79. The number of thiophene rings is 1. The number of ether oxygens (including phenoxy) is 1. The molecule has 0 radical (unpaired) electrons. The van der Waals surface area contributed by atoms with E-state index in [4.69, 9.17) is 22.7 Å². The summed E-state index contributed by atoms with van der Waals surface area (Å²) in [5.74, 6) is 0.270. The molecule has 0 spiro atoms. The minimum absolute atomic E-state index is 0.103. The van der Waals surface area contributed by atoms with Gasteiger partial charge in [-0.2, -0.15) is 13.2 Å². The Labute approximate surface area is 129 Å². The van der Waals surface area contributed by atoms with Gasteiger partial charge in [0.25, 0.3) is 0 Å². The fourth-order valence-corrected chi connectivity index (χ4v) is 2.59. The fraction of sp³-hybridized carbons (Fsp3) is 0.214. The van der Waals surface area contributed by atoms with Crippen LogP contribution in [0.3, 0.4) is 0 Å². The highest BCUT2D eigenvalue weighted by Gasteiger charge is 2.31. The van der Waals surface area contributed by atoms with Gasteiger partial charge in [-0.05, 0) is 29.6 Å². The third-order valence-electron chi connectivity index (χ3n) is 2.76. The third kappa shape index (κ3) is 4.18. The molecule has 0 saturated carbocycles. The van der Waals surface area contributed by atoms with Crippen molar-refractivity contribution < 1.29 is 17.9 Å². The first-order valence-electron chi connectivity index (χ1n) is 6.04. The van der Waals surface area contributed by atoms with Gasteiger partial charge in [-0.25, -0.2) is 0 Å². The first kappa shape index (κ1) is 15.8. The van der Waals surface area contributed by atoms with Crippen LogP contribution in [0.2, 0.25) is 0 Å². The number of thiocarbonyl (C=S) groups is 1. The van der Waals surface area contributed by atoms with Gasteiger partial charge in [0.05, 0.1) is 17.7 Å². The maximum absolute atomic E-state index is 12.7. The van der Waals surface area contributed by atoms with Crippen LogP contribution in [0.4, 0.5) is 13.2 Å². The molecule has 1 heterocycles. The average Bonchev–Trinajstić information content (AvgIpc) is 2.90. The summed E-state index contributed by atoms with van der Waals surface area (Å²) in [6.07, 6.45) is -3.76. The van der Waals surface area contributed by atoms with Crippen molar-refractivity contribution in [2.75, 3.05) is 6.61 Å². The summed E-state index contributed by atoms with van der Waals surface area (Å²) in [4.78, 5) is 1.02. The molecule has 2 N–H and O–H groups in total. The van der Waals surface area contributed by atoms with Crippen LogP contribution in [0.25, 0.3) is 0 Å². The van der Waals surface area contributed by atoms with E-state index in [1.807, 2.05) is 17.5 Å². The van der Waals surface area contributed by atoms with Crippen molar-refractivity contribution in [1.29, 1.82) is 0 Å². The van der Waals surface area contributed by atoms with Gasteiger partial charge < -0.3 is 10.5 Å². The van der Waals surface area contributed by atoms with Crippen molar-refractivity contribution >= 4 is 28.5 Å². The minimum Gasteiger partial charge on any atom is -0.492 e. The molecule has 1 aromatic heterocycles. The molecular weight excluding hydrogens is 319 g/mol. The maximum Gasteiger partial charge on any atom is 0.416 e. The Balaban J connectivity index is 2.13. The van der Waals surface area contributed by atoms with E-state index in [1.165, 1.54) is 6.07 Å². The summed E-state index contributed by atoms with van der Waals surface area (Å²) < 4.78 is 43.5. The van der Waals surface area contributed by atoms with Gasteiger partial charge in [0.1, 0.15) is 10.7 Å². The lowest BCUT2D eigenvalue weighted by molar-refractivity contribution is -0.137. The number of hydrogen-bond acceptors (Lipinski definition) is 3. The Morgan fingerprint density at radius 3 is 2.62 bits per heavy atom. The molecule has 0 amide bonds. The first-order valence-corrected chi connectivity index (χ1v) is 7.33. The van der Waals surface area contributed by atoms with Gasteiger partial charge in [-0.15, -0.1) is 11.3 Å². The Hall–Kier alpha value is -1.60. The molecule has 7 heteroatoms. The predicted molar refractivity (Wildman–Crippen MR) is 80.8 cm³/mol. The van der Waals surface area contributed by atoms with Crippen molar-refractivity contribution in [3.05, 3.63) is 51.7 Å². The summed E-state index contributed by atoms with van der Waals surface area (Å²) in [6.45, 7) is 0.349. The van der Waals surface area contributed by atoms with Crippen molar-refractivity contribution in [3.8, 4) is 5.75 Å². The molecule has 0 bridgehead atoms. The van der Waals surface area contributed by atoms with E-state index >= 15 is 0 Å². The van der Waals surface area contributed by atoms with Gasteiger partial charge in [0, 0.05) is 11.3 Å². The number of halogens is 3. The molecule has 0 saturated heterocycles. The summed E-state index contributed by atoms with van der Waals surface area (Å²) in [7, 11) is 0. The normalized spacial score (nSPS) is 11.4. The number of benzene rings is 1. The molecule has 0 aliphatic heterocycles. The zero-order chi connectivity index (χ0) is 15.5. The molecule has 2 aromatic rings. The molecule has 0 aliphatic rings. The second-order valence-corrected chi connectivity index (χ2v) is 5.72. The van der Waals surface area contributed by atoms with Crippen molar-refractivity contribution in [2.45, 2.75) is 12.6 Å². The number of hydrogen-bond donors (Lipinski definition) is 1. The molecule has 2 nitrogen and oxygen atoms in total. The standard InChI is InChI=1S/C14H12F3NOS2/c15-14(16,17)9-3-4-12(11(8-9)13(18)20)19-6-5-10-2-1-7-21-10/h1-4,7-8H,5-6H2,(H2,18,20). The molecule has 0 atom stereocenters. The predicted octanol–water partition coefficient (Wildman–Crippen LogP) is 4.02. The van der Waals surface area contributed by atoms with Crippen LogP contribution in [0.5, 0.6) is 5.75 Å². The Morgan fingerprint density at radius 2 is 2.05 bits per heavy atom. The molecule has 0 unspecified atom stereocenters. The van der Waals surface area contributed by atoms with E-state index in [0.29, 0.717) is 13.0 Å². The zero-order valence-corrected chi connectivity index (χ0v) is 12.4.